The third-order valence-electron chi connectivity index (χ3n) is 3.63. The highest BCUT2D eigenvalue weighted by Crippen LogP contribution is 2.07. The summed E-state index contributed by atoms with van der Waals surface area (Å²) >= 11 is 0. The molecule has 0 bridgehead atoms. The van der Waals surface area contributed by atoms with Gasteiger partial charge < -0.3 is 9.64 Å². The molecule has 7 heteroatoms. The minimum Gasteiger partial charge on any atom is -0.465 e. The van der Waals surface area contributed by atoms with E-state index in [-0.39, 0.29) is 36.6 Å². The van der Waals surface area contributed by atoms with Crippen LogP contribution in [0.4, 0.5) is 4.39 Å². The van der Waals surface area contributed by atoms with Crippen molar-refractivity contribution in [2.45, 2.75) is 6.92 Å². The van der Waals surface area contributed by atoms with Crippen LogP contribution in [0, 0.1) is 5.82 Å². The van der Waals surface area contributed by atoms with Gasteiger partial charge in [-0.2, -0.15) is 0 Å². The van der Waals surface area contributed by atoms with Gasteiger partial charge in [0.1, 0.15) is 5.82 Å². The molecule has 0 aromatic heterocycles. The van der Waals surface area contributed by atoms with Gasteiger partial charge in [-0.15, -0.1) is 12.4 Å². The number of nitrogens with zero attached hydrogens (tertiary/aromatic N) is 2. The van der Waals surface area contributed by atoms with E-state index in [2.05, 4.69) is 0 Å². The van der Waals surface area contributed by atoms with Crippen LogP contribution in [0.2, 0.25) is 0 Å². The van der Waals surface area contributed by atoms with Crippen molar-refractivity contribution in [2.24, 2.45) is 0 Å². The largest absolute Gasteiger partial charge is 0.465 e. The number of hydrogen-bond acceptors (Lipinski definition) is 4. The summed E-state index contributed by atoms with van der Waals surface area (Å²) in [5.74, 6) is -0.611. The second-order valence-corrected chi connectivity index (χ2v) is 5.29. The van der Waals surface area contributed by atoms with Crippen molar-refractivity contribution in [3.63, 3.8) is 0 Å². The number of halogens is 2. The first-order valence-corrected chi connectivity index (χ1v) is 7.69. The summed E-state index contributed by atoms with van der Waals surface area (Å²) in [5.41, 5.74) is 0.778. The van der Waals surface area contributed by atoms with E-state index in [1.54, 1.807) is 30.0 Å². The molecule has 0 radical (unpaired) electrons. The molecular weight excluding hydrogens is 335 g/mol. The molecular formula is C17H22ClFN2O3. The lowest BCUT2D eigenvalue weighted by Crippen LogP contribution is -2.49. The quantitative estimate of drug-likeness (QED) is 0.598. The van der Waals surface area contributed by atoms with Gasteiger partial charge in [0.05, 0.1) is 13.2 Å². The maximum atomic E-state index is 12.8. The first kappa shape index (κ1) is 20.1. The van der Waals surface area contributed by atoms with Crippen LogP contribution in [0.3, 0.4) is 0 Å². The fourth-order valence-corrected chi connectivity index (χ4v) is 2.36. The Kier molecular flexibility index (Phi) is 8.43. The molecule has 1 aromatic carbocycles. The van der Waals surface area contributed by atoms with Gasteiger partial charge in [0.2, 0.25) is 5.91 Å². The number of esters is 1. The number of carbonyl (C=O) groups is 2. The van der Waals surface area contributed by atoms with Gasteiger partial charge in [-0.25, -0.2) is 4.39 Å². The molecule has 1 aliphatic heterocycles. The SMILES string of the molecule is CCOC(=O)CN1CCN(C(=O)/C=C/c2ccc(F)cc2)CC1.Cl. The van der Waals surface area contributed by atoms with Crippen molar-refractivity contribution in [3.8, 4) is 0 Å². The van der Waals surface area contributed by atoms with Crippen LogP contribution in [-0.2, 0) is 14.3 Å². The van der Waals surface area contributed by atoms with Crippen molar-refractivity contribution in [1.29, 1.82) is 0 Å². The highest BCUT2D eigenvalue weighted by Gasteiger charge is 2.21. The molecule has 5 nitrogen and oxygen atoms in total. The lowest BCUT2D eigenvalue weighted by atomic mass is 10.2. The Labute approximate surface area is 147 Å². The number of hydrogen-bond donors (Lipinski definition) is 0. The highest BCUT2D eigenvalue weighted by molar-refractivity contribution is 5.91. The number of amides is 1. The van der Waals surface area contributed by atoms with Crippen molar-refractivity contribution in [1.82, 2.24) is 9.80 Å². The van der Waals surface area contributed by atoms with E-state index in [1.807, 2.05) is 4.90 Å². The summed E-state index contributed by atoms with van der Waals surface area (Å²) in [6.45, 7) is 4.87. The van der Waals surface area contributed by atoms with Crippen LogP contribution < -0.4 is 0 Å². The topological polar surface area (TPSA) is 49.9 Å². The molecule has 1 aromatic rings. The Bertz CT molecular complexity index is 570. The van der Waals surface area contributed by atoms with Crippen LogP contribution >= 0.6 is 12.4 Å². The Morgan fingerprint density at radius 3 is 2.38 bits per heavy atom. The molecule has 1 fully saturated rings. The zero-order chi connectivity index (χ0) is 16.7. The minimum atomic E-state index is -0.300. The number of rotatable bonds is 5. The van der Waals surface area contributed by atoms with E-state index < -0.39 is 0 Å². The van der Waals surface area contributed by atoms with Gasteiger partial charge in [0.25, 0.3) is 0 Å². The van der Waals surface area contributed by atoms with E-state index in [4.69, 9.17) is 4.74 Å². The third kappa shape index (κ3) is 6.29. The van der Waals surface area contributed by atoms with Crippen LogP contribution in [-0.4, -0.2) is 61.0 Å². The Morgan fingerprint density at radius 2 is 1.79 bits per heavy atom. The lowest BCUT2D eigenvalue weighted by molar-refractivity contribution is -0.145. The average Bonchev–Trinajstić information content (AvgIpc) is 2.55. The highest BCUT2D eigenvalue weighted by atomic mass is 35.5. The van der Waals surface area contributed by atoms with Crippen molar-refractivity contribution in [2.75, 3.05) is 39.3 Å². The molecule has 24 heavy (non-hydrogen) atoms. The second kappa shape index (κ2) is 10.1. The zero-order valence-corrected chi connectivity index (χ0v) is 14.4. The van der Waals surface area contributed by atoms with Crippen molar-refractivity contribution >= 4 is 30.4 Å². The van der Waals surface area contributed by atoms with Gasteiger partial charge in [-0.3, -0.25) is 14.5 Å². The van der Waals surface area contributed by atoms with E-state index in [0.717, 1.165) is 5.56 Å². The number of carbonyl (C=O) groups excluding carboxylic acids is 2. The third-order valence-corrected chi connectivity index (χ3v) is 3.63. The smallest absolute Gasteiger partial charge is 0.320 e. The van der Waals surface area contributed by atoms with Gasteiger partial charge in [0, 0.05) is 32.3 Å². The van der Waals surface area contributed by atoms with Gasteiger partial charge in [-0.1, -0.05) is 12.1 Å². The average molecular weight is 357 g/mol. The molecule has 0 atom stereocenters. The first-order valence-electron chi connectivity index (χ1n) is 7.69. The predicted octanol–water partition coefficient (Wildman–Crippen LogP) is 1.97. The summed E-state index contributed by atoms with van der Waals surface area (Å²) in [4.78, 5) is 27.3. The first-order chi connectivity index (χ1) is 11.1. The maximum Gasteiger partial charge on any atom is 0.320 e. The van der Waals surface area contributed by atoms with Crippen molar-refractivity contribution < 1.29 is 18.7 Å². The molecule has 0 unspecified atom stereocenters. The van der Waals surface area contributed by atoms with E-state index in [9.17, 15) is 14.0 Å². The second-order valence-electron chi connectivity index (χ2n) is 5.29. The molecule has 1 amide bonds. The van der Waals surface area contributed by atoms with Gasteiger partial charge >= 0.3 is 5.97 Å². The Balaban J connectivity index is 0.00000288. The number of piperazine rings is 1. The number of benzene rings is 1. The molecule has 0 aliphatic carbocycles. The van der Waals surface area contributed by atoms with Crippen LogP contribution in [0.25, 0.3) is 6.08 Å². The molecule has 0 saturated carbocycles. The van der Waals surface area contributed by atoms with E-state index in [1.165, 1.54) is 18.2 Å². The monoisotopic (exact) mass is 356 g/mol. The summed E-state index contributed by atoms with van der Waals surface area (Å²) in [6.07, 6.45) is 3.17. The molecule has 2 rings (SSSR count). The molecule has 0 spiro atoms. The predicted molar refractivity (Wildman–Crippen MR) is 92.3 cm³/mol. The Morgan fingerprint density at radius 1 is 1.17 bits per heavy atom. The number of ether oxygens (including phenoxy) is 1. The summed E-state index contributed by atoms with van der Waals surface area (Å²) < 4.78 is 17.7. The van der Waals surface area contributed by atoms with Gasteiger partial charge in [0.15, 0.2) is 0 Å². The molecule has 0 N–H and O–H groups in total. The summed E-state index contributed by atoms with van der Waals surface area (Å²) in [6, 6.07) is 5.96. The van der Waals surface area contributed by atoms with E-state index >= 15 is 0 Å². The molecule has 1 aliphatic rings. The summed E-state index contributed by atoms with van der Waals surface area (Å²) in [5, 5.41) is 0. The van der Waals surface area contributed by atoms with Crippen LogP contribution in [0.1, 0.15) is 12.5 Å². The van der Waals surface area contributed by atoms with Gasteiger partial charge in [-0.05, 0) is 30.7 Å². The summed E-state index contributed by atoms with van der Waals surface area (Å²) in [7, 11) is 0. The molecule has 132 valence electrons. The fraction of sp³-hybridized carbons (Fsp3) is 0.412. The Hall–Kier alpha value is -1.92. The van der Waals surface area contributed by atoms with E-state index in [0.29, 0.717) is 32.8 Å². The maximum absolute atomic E-state index is 12.8. The standard InChI is InChI=1S/C17H21FN2O3.ClH/c1-2-23-17(22)13-19-9-11-20(12-10-19)16(21)8-5-14-3-6-15(18)7-4-14;/h3-8H,2,9-13H2,1H3;1H/b8-5+;. The minimum absolute atomic E-state index is 0. The molecule has 1 heterocycles. The lowest BCUT2D eigenvalue weighted by Gasteiger charge is -2.33. The fourth-order valence-electron chi connectivity index (χ4n) is 2.36. The van der Waals surface area contributed by atoms with Crippen LogP contribution in [0.15, 0.2) is 30.3 Å². The van der Waals surface area contributed by atoms with Crippen LogP contribution in [0.5, 0.6) is 0 Å². The molecule has 1 saturated heterocycles. The normalized spacial score (nSPS) is 15.2. The van der Waals surface area contributed by atoms with Crippen molar-refractivity contribution in [3.05, 3.63) is 41.7 Å². The zero-order valence-electron chi connectivity index (χ0n) is 13.6.